The van der Waals surface area contributed by atoms with E-state index in [-0.39, 0.29) is 5.56 Å². The van der Waals surface area contributed by atoms with E-state index in [2.05, 4.69) is 27.1 Å². The monoisotopic (exact) mass is 365 g/mol. The molecule has 1 fully saturated rings. The highest BCUT2D eigenvalue weighted by Gasteiger charge is 2.23. The van der Waals surface area contributed by atoms with Crippen molar-refractivity contribution in [3.05, 3.63) is 59.9 Å². The van der Waals surface area contributed by atoms with Crippen molar-refractivity contribution in [1.29, 1.82) is 0 Å². The lowest BCUT2D eigenvalue weighted by Gasteiger charge is -2.31. The number of rotatable bonds is 6. The molecule has 1 aliphatic rings. The molecule has 1 aliphatic heterocycles. The van der Waals surface area contributed by atoms with E-state index in [0.29, 0.717) is 18.3 Å². The molecule has 2 aromatic heterocycles. The number of H-pyrrole nitrogens is 1. The lowest BCUT2D eigenvalue weighted by Crippen LogP contribution is -2.35. The summed E-state index contributed by atoms with van der Waals surface area (Å²) >= 11 is 0. The lowest BCUT2D eigenvalue weighted by molar-refractivity contribution is 0.0691. The molecule has 140 valence electrons. The second-order valence-electron chi connectivity index (χ2n) is 6.91. The van der Waals surface area contributed by atoms with Crippen LogP contribution in [-0.2, 0) is 0 Å². The maximum atomic E-state index is 11.2. The molecule has 0 atom stereocenters. The van der Waals surface area contributed by atoms with Crippen LogP contribution in [0.15, 0.2) is 48.8 Å². The van der Waals surface area contributed by atoms with Gasteiger partial charge >= 0.3 is 5.97 Å². The molecule has 0 radical (unpaired) electrons. The molecule has 3 heterocycles. The lowest BCUT2D eigenvalue weighted by atomic mass is 9.89. The van der Waals surface area contributed by atoms with Gasteiger partial charge in [-0.3, -0.25) is 4.90 Å². The number of likely N-dealkylation sites (tertiary alicyclic amines) is 1. The number of ether oxygens (including phenoxy) is 1. The van der Waals surface area contributed by atoms with Gasteiger partial charge in [-0.15, -0.1) is 0 Å². The quantitative estimate of drug-likeness (QED) is 0.699. The molecular weight excluding hydrogens is 342 g/mol. The van der Waals surface area contributed by atoms with Crippen molar-refractivity contribution in [2.24, 2.45) is 0 Å². The number of hydrogen-bond donors (Lipinski definition) is 2. The summed E-state index contributed by atoms with van der Waals surface area (Å²) in [5.74, 6) is 0.0265. The highest BCUT2D eigenvalue weighted by molar-refractivity contribution is 5.90. The average molecular weight is 365 g/mol. The Morgan fingerprint density at radius 1 is 1.22 bits per heavy atom. The minimum absolute atomic E-state index is 0.212. The third kappa shape index (κ3) is 3.80. The normalized spacial score (nSPS) is 15.9. The van der Waals surface area contributed by atoms with Gasteiger partial charge in [0.1, 0.15) is 23.6 Å². The van der Waals surface area contributed by atoms with Gasteiger partial charge in [-0.05, 0) is 61.7 Å². The zero-order chi connectivity index (χ0) is 18.6. The number of aromatic carboxylic acids is 1. The Morgan fingerprint density at radius 3 is 2.85 bits per heavy atom. The molecule has 0 spiro atoms. The van der Waals surface area contributed by atoms with Crippen molar-refractivity contribution in [2.45, 2.75) is 18.8 Å². The summed E-state index contributed by atoms with van der Waals surface area (Å²) in [6.45, 7) is 3.32. The number of benzene rings is 1. The molecule has 27 heavy (non-hydrogen) atoms. The smallest absolute Gasteiger partial charge is 0.339 e. The Morgan fingerprint density at radius 2 is 2.04 bits per heavy atom. The number of carboxylic acids is 1. The third-order valence-corrected chi connectivity index (χ3v) is 5.29. The standard InChI is InChI=1S/C21H23N3O3/c25-21(26)17-4-1-2-6-19(17)27-13-12-24-10-7-15(8-11-24)18-14-23-20-16(18)5-3-9-22-20/h1-6,9,14-15H,7-8,10-13H2,(H,22,23)(H,25,26). The number of carbonyl (C=O) groups is 1. The van der Waals surface area contributed by atoms with E-state index in [9.17, 15) is 9.90 Å². The number of fused-ring (bicyclic) bond motifs is 1. The van der Waals surface area contributed by atoms with Crippen LogP contribution in [0.4, 0.5) is 0 Å². The molecule has 0 unspecified atom stereocenters. The second-order valence-corrected chi connectivity index (χ2v) is 6.91. The minimum Gasteiger partial charge on any atom is -0.491 e. The third-order valence-electron chi connectivity index (χ3n) is 5.29. The van der Waals surface area contributed by atoms with Crippen LogP contribution in [0.3, 0.4) is 0 Å². The number of para-hydroxylation sites is 1. The number of nitrogens with one attached hydrogen (secondary N) is 1. The van der Waals surface area contributed by atoms with E-state index in [1.54, 1.807) is 24.3 Å². The van der Waals surface area contributed by atoms with Crippen molar-refractivity contribution < 1.29 is 14.6 Å². The predicted octanol–water partition coefficient (Wildman–Crippen LogP) is 3.52. The summed E-state index contributed by atoms with van der Waals surface area (Å²) in [7, 11) is 0. The maximum Gasteiger partial charge on any atom is 0.339 e. The first-order valence-corrected chi connectivity index (χ1v) is 9.32. The highest BCUT2D eigenvalue weighted by Crippen LogP contribution is 2.32. The molecule has 6 nitrogen and oxygen atoms in total. The first kappa shape index (κ1) is 17.5. The fourth-order valence-electron chi connectivity index (χ4n) is 3.84. The molecule has 6 heteroatoms. The second kappa shape index (κ2) is 7.80. The van der Waals surface area contributed by atoms with E-state index < -0.39 is 5.97 Å². The van der Waals surface area contributed by atoms with Crippen LogP contribution >= 0.6 is 0 Å². The average Bonchev–Trinajstić information content (AvgIpc) is 3.13. The zero-order valence-electron chi connectivity index (χ0n) is 15.1. The van der Waals surface area contributed by atoms with Gasteiger partial charge in [-0.25, -0.2) is 9.78 Å². The number of pyridine rings is 1. The van der Waals surface area contributed by atoms with Gasteiger partial charge in [0.2, 0.25) is 0 Å². The van der Waals surface area contributed by atoms with Crippen LogP contribution in [-0.4, -0.2) is 52.2 Å². The summed E-state index contributed by atoms with van der Waals surface area (Å²) < 4.78 is 5.72. The van der Waals surface area contributed by atoms with Gasteiger partial charge in [0.15, 0.2) is 0 Å². The number of aromatic amines is 1. The van der Waals surface area contributed by atoms with Gasteiger partial charge in [-0.1, -0.05) is 12.1 Å². The van der Waals surface area contributed by atoms with Gasteiger partial charge in [0.25, 0.3) is 0 Å². The number of aromatic nitrogens is 2. The highest BCUT2D eigenvalue weighted by atomic mass is 16.5. The van der Waals surface area contributed by atoms with Crippen molar-refractivity contribution in [1.82, 2.24) is 14.9 Å². The fraction of sp³-hybridized carbons (Fsp3) is 0.333. The Kier molecular flexibility index (Phi) is 5.07. The molecule has 4 rings (SSSR count). The summed E-state index contributed by atoms with van der Waals surface area (Å²) in [6.07, 6.45) is 6.12. The molecule has 2 N–H and O–H groups in total. The molecule has 0 saturated carbocycles. The van der Waals surface area contributed by atoms with Crippen molar-refractivity contribution in [3.63, 3.8) is 0 Å². The van der Waals surface area contributed by atoms with Gasteiger partial charge in [-0.2, -0.15) is 0 Å². The number of piperidine rings is 1. The van der Waals surface area contributed by atoms with E-state index >= 15 is 0 Å². The Hall–Kier alpha value is -2.86. The van der Waals surface area contributed by atoms with Crippen molar-refractivity contribution >= 4 is 17.0 Å². The van der Waals surface area contributed by atoms with Crippen molar-refractivity contribution in [3.8, 4) is 5.75 Å². The first-order chi connectivity index (χ1) is 13.2. The van der Waals surface area contributed by atoms with Crippen molar-refractivity contribution in [2.75, 3.05) is 26.2 Å². The van der Waals surface area contributed by atoms with Gasteiger partial charge in [0.05, 0.1) is 0 Å². The first-order valence-electron chi connectivity index (χ1n) is 9.32. The van der Waals surface area contributed by atoms with Crippen LogP contribution < -0.4 is 4.74 Å². The number of hydrogen-bond acceptors (Lipinski definition) is 4. The maximum absolute atomic E-state index is 11.2. The Bertz CT molecular complexity index is 929. The number of nitrogens with zero attached hydrogens (tertiary/aromatic N) is 2. The number of carboxylic acid groups (broad SMARTS) is 1. The van der Waals surface area contributed by atoms with Crippen LogP contribution in [0.25, 0.3) is 11.0 Å². The molecule has 1 aromatic carbocycles. The van der Waals surface area contributed by atoms with Crippen LogP contribution in [0, 0.1) is 0 Å². The van der Waals surface area contributed by atoms with E-state index in [4.69, 9.17) is 4.74 Å². The van der Waals surface area contributed by atoms with E-state index in [0.717, 1.165) is 38.1 Å². The topological polar surface area (TPSA) is 78.5 Å². The summed E-state index contributed by atoms with van der Waals surface area (Å²) in [5.41, 5.74) is 2.54. The molecule has 3 aromatic rings. The summed E-state index contributed by atoms with van der Waals surface area (Å²) in [5, 5.41) is 10.4. The SMILES string of the molecule is O=C(O)c1ccccc1OCCN1CCC(c2c[nH]c3ncccc23)CC1. The van der Waals surface area contributed by atoms with Gasteiger partial charge in [0, 0.05) is 24.3 Å². The molecule has 0 amide bonds. The molecular formula is C21H23N3O3. The Balaban J connectivity index is 1.30. The van der Waals surface area contributed by atoms with E-state index in [1.807, 2.05) is 12.3 Å². The van der Waals surface area contributed by atoms with Crippen LogP contribution in [0.2, 0.25) is 0 Å². The fourth-order valence-corrected chi connectivity index (χ4v) is 3.84. The predicted molar refractivity (Wildman–Crippen MR) is 103 cm³/mol. The largest absolute Gasteiger partial charge is 0.491 e. The van der Waals surface area contributed by atoms with Gasteiger partial charge < -0.3 is 14.8 Å². The molecule has 0 aliphatic carbocycles. The zero-order valence-corrected chi connectivity index (χ0v) is 15.1. The Labute approximate surface area is 157 Å². The van der Waals surface area contributed by atoms with Crippen LogP contribution in [0.5, 0.6) is 5.75 Å². The molecule has 0 bridgehead atoms. The summed E-state index contributed by atoms with van der Waals surface area (Å²) in [4.78, 5) is 21.3. The van der Waals surface area contributed by atoms with Crippen LogP contribution in [0.1, 0.15) is 34.7 Å². The minimum atomic E-state index is -0.959. The molecule has 1 saturated heterocycles. The van der Waals surface area contributed by atoms with E-state index in [1.165, 1.54) is 10.9 Å². The summed E-state index contributed by atoms with van der Waals surface area (Å²) in [6, 6.07) is 10.9.